The van der Waals surface area contributed by atoms with E-state index in [0.29, 0.717) is 24.4 Å². The maximum absolute atomic E-state index is 12.4. The van der Waals surface area contributed by atoms with E-state index >= 15 is 0 Å². The third-order valence-electron chi connectivity index (χ3n) is 4.68. The van der Waals surface area contributed by atoms with Gasteiger partial charge < -0.3 is 10.2 Å². The van der Waals surface area contributed by atoms with Crippen molar-refractivity contribution in [3.05, 3.63) is 75.3 Å². The molecule has 2 N–H and O–H groups in total. The van der Waals surface area contributed by atoms with Crippen molar-refractivity contribution in [3.63, 3.8) is 0 Å². The molecule has 1 aromatic carbocycles. The predicted molar refractivity (Wildman–Crippen MR) is 106 cm³/mol. The minimum Gasteiger partial charge on any atom is -0.325 e. The molecular formula is C21H25N4O2+. The Bertz CT molecular complexity index is 1060. The van der Waals surface area contributed by atoms with E-state index in [4.69, 9.17) is 0 Å². The number of carbonyl (C=O) groups is 1. The lowest BCUT2D eigenvalue weighted by Gasteiger charge is -2.15. The van der Waals surface area contributed by atoms with Crippen molar-refractivity contribution in [1.82, 2.24) is 9.38 Å². The molecule has 3 aromatic rings. The SMILES string of the molecule is Cc1ccc2nc(C[NH+](C)CC(=O)Nc3cccc(C)c3C)cc(=O)n2c1. The number of nitrogens with zero attached hydrogens (tertiary/aromatic N) is 2. The van der Waals surface area contributed by atoms with E-state index in [9.17, 15) is 9.59 Å². The molecule has 6 nitrogen and oxygen atoms in total. The molecular weight excluding hydrogens is 340 g/mol. The van der Waals surface area contributed by atoms with E-state index in [1.165, 1.54) is 0 Å². The lowest BCUT2D eigenvalue weighted by molar-refractivity contribution is -0.885. The van der Waals surface area contributed by atoms with Crippen LogP contribution in [0.4, 0.5) is 5.69 Å². The summed E-state index contributed by atoms with van der Waals surface area (Å²) in [5.74, 6) is -0.0608. The largest absolute Gasteiger partial charge is 0.325 e. The zero-order valence-corrected chi connectivity index (χ0v) is 16.2. The summed E-state index contributed by atoms with van der Waals surface area (Å²) in [5.41, 5.74) is 5.26. The number of carbonyl (C=O) groups excluding carboxylic acids is 1. The molecule has 2 aromatic heterocycles. The van der Waals surface area contributed by atoms with Gasteiger partial charge in [-0.15, -0.1) is 0 Å². The highest BCUT2D eigenvalue weighted by Crippen LogP contribution is 2.17. The van der Waals surface area contributed by atoms with Gasteiger partial charge in [-0.25, -0.2) is 4.98 Å². The number of hydrogen-bond donors (Lipinski definition) is 2. The molecule has 0 saturated heterocycles. The number of amides is 1. The Morgan fingerprint density at radius 3 is 2.74 bits per heavy atom. The molecule has 140 valence electrons. The summed E-state index contributed by atoms with van der Waals surface area (Å²) >= 11 is 0. The minimum atomic E-state index is -0.105. The Labute approximate surface area is 158 Å². The molecule has 0 aliphatic rings. The van der Waals surface area contributed by atoms with Crippen LogP contribution < -0.4 is 15.8 Å². The third kappa shape index (κ3) is 4.41. The zero-order valence-electron chi connectivity index (χ0n) is 16.2. The first-order chi connectivity index (χ1) is 12.8. The van der Waals surface area contributed by atoms with Crippen LogP contribution in [-0.4, -0.2) is 28.9 Å². The predicted octanol–water partition coefficient (Wildman–Crippen LogP) is 1.27. The fraction of sp³-hybridized carbons (Fsp3) is 0.286. The quantitative estimate of drug-likeness (QED) is 0.716. The van der Waals surface area contributed by atoms with Gasteiger partial charge in [0.1, 0.15) is 17.9 Å². The van der Waals surface area contributed by atoms with Gasteiger partial charge in [-0.1, -0.05) is 18.2 Å². The number of anilines is 1. The van der Waals surface area contributed by atoms with E-state index in [0.717, 1.165) is 27.3 Å². The maximum Gasteiger partial charge on any atom is 0.279 e. The Hall–Kier alpha value is -2.99. The topological polar surface area (TPSA) is 67.9 Å². The van der Waals surface area contributed by atoms with Crippen molar-refractivity contribution in [2.75, 3.05) is 18.9 Å². The molecule has 0 saturated carbocycles. The highest BCUT2D eigenvalue weighted by atomic mass is 16.2. The summed E-state index contributed by atoms with van der Waals surface area (Å²) in [6, 6.07) is 11.2. The van der Waals surface area contributed by atoms with Gasteiger partial charge in [0.15, 0.2) is 6.54 Å². The second kappa shape index (κ2) is 7.72. The lowest BCUT2D eigenvalue weighted by Crippen LogP contribution is -3.08. The van der Waals surface area contributed by atoms with E-state index in [2.05, 4.69) is 10.3 Å². The van der Waals surface area contributed by atoms with Crippen LogP contribution in [0.25, 0.3) is 5.65 Å². The van der Waals surface area contributed by atoms with Gasteiger partial charge in [-0.3, -0.25) is 14.0 Å². The average molecular weight is 365 g/mol. The van der Waals surface area contributed by atoms with Crippen molar-refractivity contribution in [3.8, 4) is 0 Å². The van der Waals surface area contributed by atoms with Crippen LogP contribution in [0.5, 0.6) is 0 Å². The molecule has 0 fully saturated rings. The van der Waals surface area contributed by atoms with Crippen LogP contribution in [0.2, 0.25) is 0 Å². The van der Waals surface area contributed by atoms with Crippen LogP contribution in [0.15, 0.2) is 47.4 Å². The van der Waals surface area contributed by atoms with Crippen molar-refractivity contribution >= 4 is 17.2 Å². The highest BCUT2D eigenvalue weighted by Gasteiger charge is 2.14. The molecule has 3 rings (SSSR count). The molecule has 1 amide bonds. The van der Waals surface area contributed by atoms with Gasteiger partial charge in [0.05, 0.1) is 7.05 Å². The van der Waals surface area contributed by atoms with Crippen LogP contribution in [0, 0.1) is 20.8 Å². The normalized spacial score (nSPS) is 12.1. The van der Waals surface area contributed by atoms with Crippen molar-refractivity contribution in [2.24, 2.45) is 0 Å². The molecule has 0 spiro atoms. The fourth-order valence-electron chi connectivity index (χ4n) is 3.08. The van der Waals surface area contributed by atoms with Crippen LogP contribution in [-0.2, 0) is 11.3 Å². The van der Waals surface area contributed by atoms with Crippen molar-refractivity contribution < 1.29 is 9.69 Å². The molecule has 2 heterocycles. The molecule has 27 heavy (non-hydrogen) atoms. The van der Waals surface area contributed by atoms with Crippen molar-refractivity contribution in [1.29, 1.82) is 0 Å². The summed E-state index contributed by atoms with van der Waals surface area (Å²) in [5, 5.41) is 2.97. The smallest absolute Gasteiger partial charge is 0.279 e. The Morgan fingerprint density at radius 2 is 1.96 bits per heavy atom. The number of hydrogen-bond acceptors (Lipinski definition) is 3. The number of nitrogens with one attached hydrogen (secondary N) is 2. The molecule has 6 heteroatoms. The monoisotopic (exact) mass is 365 g/mol. The van der Waals surface area contributed by atoms with Gasteiger partial charge in [0.25, 0.3) is 11.5 Å². The molecule has 0 aliphatic carbocycles. The summed E-state index contributed by atoms with van der Waals surface area (Å²) in [4.78, 5) is 30.2. The first-order valence-corrected chi connectivity index (χ1v) is 9.00. The molecule has 1 unspecified atom stereocenters. The summed E-state index contributed by atoms with van der Waals surface area (Å²) < 4.78 is 1.54. The lowest BCUT2D eigenvalue weighted by atomic mass is 10.1. The molecule has 1 atom stereocenters. The molecule has 0 bridgehead atoms. The van der Waals surface area contributed by atoms with Crippen LogP contribution >= 0.6 is 0 Å². The second-order valence-electron chi connectivity index (χ2n) is 7.13. The second-order valence-corrected chi connectivity index (χ2v) is 7.13. The Kier molecular flexibility index (Phi) is 5.37. The van der Waals surface area contributed by atoms with E-state index in [-0.39, 0.29) is 11.5 Å². The fourth-order valence-corrected chi connectivity index (χ4v) is 3.08. The molecule has 0 radical (unpaired) electrons. The standard InChI is InChI=1S/C21H24N4O2/c1-14-8-9-19-22-17(10-21(27)25(19)11-14)12-24(4)13-20(26)23-18-7-5-6-15(2)16(18)3/h5-11H,12-13H2,1-4H3,(H,23,26)/p+1. The van der Waals surface area contributed by atoms with Crippen LogP contribution in [0.3, 0.4) is 0 Å². The number of quaternary nitrogens is 1. The Morgan fingerprint density at radius 1 is 1.19 bits per heavy atom. The molecule has 0 aliphatic heterocycles. The van der Waals surface area contributed by atoms with Gasteiger partial charge in [-0.2, -0.15) is 0 Å². The van der Waals surface area contributed by atoms with Crippen molar-refractivity contribution in [2.45, 2.75) is 27.3 Å². The van der Waals surface area contributed by atoms with Gasteiger partial charge in [0.2, 0.25) is 0 Å². The number of rotatable bonds is 5. The van der Waals surface area contributed by atoms with E-state index < -0.39 is 0 Å². The van der Waals surface area contributed by atoms with E-state index in [1.807, 2.05) is 58.2 Å². The summed E-state index contributed by atoms with van der Waals surface area (Å²) in [7, 11) is 1.92. The number of fused-ring (bicyclic) bond motifs is 1. The zero-order chi connectivity index (χ0) is 19.6. The first-order valence-electron chi connectivity index (χ1n) is 9.00. The maximum atomic E-state index is 12.4. The van der Waals surface area contributed by atoms with Gasteiger partial charge >= 0.3 is 0 Å². The number of benzene rings is 1. The Balaban J connectivity index is 1.68. The minimum absolute atomic E-state index is 0.0608. The number of aromatic nitrogens is 2. The average Bonchev–Trinajstić information content (AvgIpc) is 2.59. The van der Waals surface area contributed by atoms with E-state index in [1.54, 1.807) is 16.7 Å². The summed E-state index contributed by atoms with van der Waals surface area (Å²) in [6.45, 7) is 6.75. The van der Waals surface area contributed by atoms with Gasteiger partial charge in [0, 0.05) is 18.0 Å². The number of likely N-dealkylation sites (N-methyl/N-ethyl adjacent to an activating group) is 1. The number of aryl methyl sites for hydroxylation is 2. The summed E-state index contributed by atoms with van der Waals surface area (Å²) in [6.07, 6.45) is 1.78. The van der Waals surface area contributed by atoms with Gasteiger partial charge in [-0.05, 0) is 49.6 Å². The first kappa shape index (κ1) is 18.8. The number of pyridine rings is 1. The highest BCUT2D eigenvalue weighted by molar-refractivity contribution is 5.92. The van der Waals surface area contributed by atoms with Crippen LogP contribution in [0.1, 0.15) is 22.4 Å². The third-order valence-corrected chi connectivity index (χ3v) is 4.68.